The molecule has 0 spiro atoms. The smallest absolute Gasteiger partial charge is 0.354 e. The van der Waals surface area contributed by atoms with Crippen LogP contribution >= 0.6 is 0 Å². The molecule has 122 valence electrons. The van der Waals surface area contributed by atoms with Crippen molar-refractivity contribution in [2.45, 2.75) is 0 Å². The van der Waals surface area contributed by atoms with E-state index >= 15 is 0 Å². The quantitative estimate of drug-likeness (QED) is 0.435. The molecule has 2 aromatic heterocycles. The van der Waals surface area contributed by atoms with Crippen LogP contribution in [0.2, 0.25) is 0 Å². The van der Waals surface area contributed by atoms with Gasteiger partial charge in [-0.1, -0.05) is 30.3 Å². The van der Waals surface area contributed by atoms with Crippen LogP contribution in [-0.2, 0) is 0 Å². The molecule has 0 saturated carbocycles. The van der Waals surface area contributed by atoms with Crippen molar-refractivity contribution < 1.29 is 14.8 Å². The minimum atomic E-state index is -1.15. The van der Waals surface area contributed by atoms with Gasteiger partial charge in [0.15, 0.2) is 0 Å². The van der Waals surface area contributed by atoms with Gasteiger partial charge in [0.2, 0.25) is 0 Å². The second kappa shape index (κ2) is 5.41. The summed E-state index contributed by atoms with van der Waals surface area (Å²) in [6.07, 6.45) is 0. The van der Waals surface area contributed by atoms with Crippen molar-refractivity contribution in [1.82, 2.24) is 9.97 Å². The van der Waals surface area contributed by atoms with E-state index in [0.717, 1.165) is 10.9 Å². The molecule has 7 heteroatoms. The van der Waals surface area contributed by atoms with Crippen molar-refractivity contribution in [2.75, 3.05) is 0 Å². The van der Waals surface area contributed by atoms with Gasteiger partial charge >= 0.3 is 5.97 Å². The molecule has 0 saturated heterocycles. The Hall–Kier alpha value is -3.74. The first-order valence-corrected chi connectivity index (χ1v) is 7.44. The van der Waals surface area contributed by atoms with E-state index in [1.165, 1.54) is 18.2 Å². The monoisotopic (exact) mass is 333 g/mol. The molecule has 2 N–H and O–H groups in total. The molecule has 0 amide bonds. The van der Waals surface area contributed by atoms with E-state index in [2.05, 4.69) is 9.97 Å². The Balaban J connectivity index is 2.10. The molecule has 2 heterocycles. The second-order valence-electron chi connectivity index (χ2n) is 5.56. The van der Waals surface area contributed by atoms with Gasteiger partial charge in [-0.2, -0.15) is 0 Å². The average molecular weight is 333 g/mol. The van der Waals surface area contributed by atoms with Crippen LogP contribution in [0.15, 0.2) is 54.6 Å². The summed E-state index contributed by atoms with van der Waals surface area (Å²) in [5, 5.41) is 22.0. The number of aromatic nitrogens is 2. The third-order valence-corrected chi connectivity index (χ3v) is 4.05. The minimum Gasteiger partial charge on any atom is -0.477 e. The van der Waals surface area contributed by atoms with Crippen LogP contribution in [0.1, 0.15) is 10.5 Å². The standard InChI is InChI=1S/C18H11N3O4/c22-18(23)15-9-13-12-6-1-2-7-14(12)19-17(13)16(20-15)10-4-3-5-11(8-10)21(24)25/h1-9,19H,(H,22,23). The van der Waals surface area contributed by atoms with Crippen LogP contribution in [0, 0.1) is 10.1 Å². The molecule has 4 aromatic rings. The van der Waals surface area contributed by atoms with Crippen molar-refractivity contribution in [1.29, 1.82) is 0 Å². The van der Waals surface area contributed by atoms with E-state index in [0.29, 0.717) is 22.2 Å². The molecular weight excluding hydrogens is 322 g/mol. The molecular formula is C18H11N3O4. The van der Waals surface area contributed by atoms with Crippen LogP contribution in [-0.4, -0.2) is 26.0 Å². The number of H-pyrrole nitrogens is 1. The Morgan fingerprint density at radius 1 is 1.08 bits per heavy atom. The van der Waals surface area contributed by atoms with Gasteiger partial charge in [-0.3, -0.25) is 10.1 Å². The highest BCUT2D eigenvalue weighted by molar-refractivity contribution is 6.12. The fourth-order valence-corrected chi connectivity index (χ4v) is 2.93. The Morgan fingerprint density at radius 3 is 2.64 bits per heavy atom. The number of carboxylic acids is 1. The molecule has 0 bridgehead atoms. The lowest BCUT2D eigenvalue weighted by atomic mass is 10.1. The summed E-state index contributed by atoms with van der Waals surface area (Å²) in [5.74, 6) is -1.15. The van der Waals surface area contributed by atoms with E-state index in [-0.39, 0.29) is 11.4 Å². The van der Waals surface area contributed by atoms with Gasteiger partial charge in [0.05, 0.1) is 16.1 Å². The molecule has 2 aromatic carbocycles. The lowest BCUT2D eigenvalue weighted by molar-refractivity contribution is -0.384. The average Bonchev–Trinajstić information content (AvgIpc) is 2.99. The summed E-state index contributed by atoms with van der Waals surface area (Å²) in [7, 11) is 0. The van der Waals surface area contributed by atoms with Gasteiger partial charge in [-0.05, 0) is 12.1 Å². The summed E-state index contributed by atoms with van der Waals surface area (Å²) >= 11 is 0. The van der Waals surface area contributed by atoms with Crippen LogP contribution < -0.4 is 0 Å². The van der Waals surface area contributed by atoms with Gasteiger partial charge in [-0.25, -0.2) is 9.78 Å². The van der Waals surface area contributed by atoms with E-state index < -0.39 is 10.9 Å². The van der Waals surface area contributed by atoms with Crippen LogP contribution in [0.25, 0.3) is 33.1 Å². The van der Waals surface area contributed by atoms with E-state index in [1.54, 1.807) is 12.1 Å². The van der Waals surface area contributed by atoms with E-state index in [1.807, 2.05) is 24.3 Å². The molecule has 25 heavy (non-hydrogen) atoms. The summed E-state index contributed by atoms with van der Waals surface area (Å²) in [4.78, 5) is 29.5. The highest BCUT2D eigenvalue weighted by atomic mass is 16.6. The van der Waals surface area contributed by atoms with Crippen LogP contribution in [0.3, 0.4) is 0 Å². The second-order valence-corrected chi connectivity index (χ2v) is 5.56. The summed E-state index contributed by atoms with van der Waals surface area (Å²) in [6, 6.07) is 15.0. The van der Waals surface area contributed by atoms with Crippen molar-refractivity contribution in [3.05, 3.63) is 70.4 Å². The number of nitro benzene ring substituents is 1. The van der Waals surface area contributed by atoms with Crippen molar-refractivity contribution in [2.24, 2.45) is 0 Å². The SMILES string of the molecule is O=C(O)c1cc2c([nH]c3ccccc32)c(-c2cccc([N+](=O)[O-])c2)n1. The third kappa shape index (κ3) is 2.38. The van der Waals surface area contributed by atoms with Gasteiger partial charge in [-0.15, -0.1) is 0 Å². The molecule has 0 aliphatic heterocycles. The van der Waals surface area contributed by atoms with Crippen molar-refractivity contribution in [3.8, 4) is 11.3 Å². The number of para-hydroxylation sites is 1. The number of carboxylic acid groups (broad SMARTS) is 1. The zero-order valence-electron chi connectivity index (χ0n) is 12.8. The number of pyridine rings is 1. The molecule has 7 nitrogen and oxygen atoms in total. The number of nitro groups is 1. The van der Waals surface area contributed by atoms with E-state index in [4.69, 9.17) is 0 Å². The van der Waals surface area contributed by atoms with Gasteiger partial charge < -0.3 is 10.1 Å². The lowest BCUT2D eigenvalue weighted by Crippen LogP contribution is -2.02. The molecule has 0 unspecified atom stereocenters. The van der Waals surface area contributed by atoms with Gasteiger partial charge in [0, 0.05) is 34.0 Å². The topological polar surface area (TPSA) is 109 Å². The number of nitrogens with zero attached hydrogens (tertiary/aromatic N) is 2. The fourth-order valence-electron chi connectivity index (χ4n) is 2.93. The molecule has 4 rings (SSSR count). The number of benzene rings is 2. The maximum Gasteiger partial charge on any atom is 0.354 e. The first kappa shape index (κ1) is 14.8. The Labute approximate surface area is 140 Å². The number of aromatic carboxylic acids is 1. The maximum absolute atomic E-state index is 11.5. The highest BCUT2D eigenvalue weighted by Crippen LogP contribution is 2.33. The van der Waals surface area contributed by atoms with Crippen LogP contribution in [0.5, 0.6) is 0 Å². The van der Waals surface area contributed by atoms with Crippen molar-refractivity contribution in [3.63, 3.8) is 0 Å². The molecule has 0 fully saturated rings. The number of rotatable bonds is 3. The molecule has 0 aliphatic carbocycles. The first-order chi connectivity index (χ1) is 12.0. The zero-order valence-corrected chi connectivity index (χ0v) is 12.8. The Morgan fingerprint density at radius 2 is 1.88 bits per heavy atom. The van der Waals surface area contributed by atoms with Crippen LogP contribution in [0.4, 0.5) is 5.69 Å². The normalized spacial score (nSPS) is 11.0. The largest absolute Gasteiger partial charge is 0.477 e. The Kier molecular flexibility index (Phi) is 3.21. The number of carbonyl (C=O) groups is 1. The molecule has 0 radical (unpaired) electrons. The number of non-ortho nitro benzene ring substituents is 1. The maximum atomic E-state index is 11.5. The highest BCUT2D eigenvalue weighted by Gasteiger charge is 2.17. The van der Waals surface area contributed by atoms with E-state index in [9.17, 15) is 20.0 Å². The Bertz CT molecular complexity index is 1160. The third-order valence-electron chi connectivity index (χ3n) is 4.05. The number of hydrogen-bond acceptors (Lipinski definition) is 4. The number of hydrogen-bond donors (Lipinski definition) is 2. The van der Waals surface area contributed by atoms with Crippen molar-refractivity contribution >= 4 is 33.5 Å². The predicted molar refractivity (Wildman–Crippen MR) is 92.6 cm³/mol. The van der Waals surface area contributed by atoms with Gasteiger partial charge in [0.25, 0.3) is 5.69 Å². The predicted octanol–water partition coefficient (Wildman–Crippen LogP) is 3.99. The molecule has 0 aliphatic rings. The number of nitrogens with one attached hydrogen (secondary N) is 1. The number of aromatic amines is 1. The summed E-state index contributed by atoms with van der Waals surface area (Å²) in [5.41, 5.74) is 2.15. The molecule has 0 atom stereocenters. The summed E-state index contributed by atoms with van der Waals surface area (Å²) in [6.45, 7) is 0. The van der Waals surface area contributed by atoms with Gasteiger partial charge in [0.1, 0.15) is 5.69 Å². The minimum absolute atomic E-state index is 0.0794. The fraction of sp³-hybridized carbons (Fsp3) is 0. The zero-order chi connectivity index (χ0) is 17.6. The summed E-state index contributed by atoms with van der Waals surface area (Å²) < 4.78 is 0. The lowest BCUT2D eigenvalue weighted by Gasteiger charge is -2.05. The first-order valence-electron chi connectivity index (χ1n) is 7.44. The number of fused-ring (bicyclic) bond motifs is 3.